The van der Waals surface area contributed by atoms with Crippen LogP contribution >= 0.6 is 0 Å². The van der Waals surface area contributed by atoms with E-state index in [9.17, 15) is 14.9 Å². The van der Waals surface area contributed by atoms with Gasteiger partial charge in [0.2, 0.25) is 11.6 Å². The molecule has 1 aliphatic heterocycles. The third-order valence-electron chi connectivity index (χ3n) is 7.75. The van der Waals surface area contributed by atoms with Crippen molar-refractivity contribution in [3.63, 3.8) is 0 Å². The number of nitrogens with zero attached hydrogens (tertiary/aromatic N) is 6. The average Bonchev–Trinajstić information content (AvgIpc) is 3.60. The maximum absolute atomic E-state index is 12.9. The molecular weight excluding hydrogens is 522 g/mol. The number of ether oxygens (including phenoxy) is 1. The number of para-hydroxylation sites is 1. The van der Waals surface area contributed by atoms with Crippen LogP contribution in [0.25, 0.3) is 22.2 Å². The fraction of sp³-hybridized carbons (Fsp3) is 0.300. The first-order valence-electron chi connectivity index (χ1n) is 13.7. The van der Waals surface area contributed by atoms with Crippen LogP contribution < -0.4 is 10.5 Å². The minimum Gasteiger partial charge on any atom is -0.457 e. The Morgan fingerprint density at radius 2 is 1.85 bits per heavy atom. The van der Waals surface area contributed by atoms with Gasteiger partial charge < -0.3 is 25.5 Å². The number of fused-ring (bicyclic) bond motifs is 1. The van der Waals surface area contributed by atoms with Crippen molar-refractivity contribution in [1.29, 1.82) is 0 Å². The lowest BCUT2D eigenvalue weighted by atomic mass is 10.0. The Morgan fingerprint density at radius 1 is 1.12 bits per heavy atom. The molecule has 210 valence electrons. The molecule has 3 heterocycles. The first-order valence-corrected chi connectivity index (χ1v) is 13.7. The van der Waals surface area contributed by atoms with Gasteiger partial charge in [0.1, 0.15) is 29.7 Å². The first-order chi connectivity index (χ1) is 19.9. The van der Waals surface area contributed by atoms with Crippen LogP contribution in [0.2, 0.25) is 0 Å². The normalized spacial score (nSPS) is 17.1. The van der Waals surface area contributed by atoms with E-state index in [1.807, 2.05) is 36.4 Å². The molecule has 11 heteroatoms. The summed E-state index contributed by atoms with van der Waals surface area (Å²) in [5.41, 5.74) is 7.62. The average molecular weight is 554 g/mol. The standard InChI is InChI=1S/C30H31N7O4/c1-34(21-11-12-21)16-5-8-25(38)35-17-15-22(18-35)36-29-27(28(31)32-19-33-29)26(30(36)37(39)40)20-9-13-24(14-10-20)41-23-6-3-2-4-7-23/h2-10,13-14,19,21-22H,11-12,15-18H2,1H3,(H2,31,32,33). The molecular formula is C30H31N7O4. The number of amides is 1. The third-order valence-corrected chi connectivity index (χ3v) is 7.75. The molecule has 1 amide bonds. The number of nitrogens with two attached hydrogens (primary N) is 1. The van der Waals surface area contributed by atoms with Crippen LogP contribution in [0.1, 0.15) is 25.3 Å². The van der Waals surface area contributed by atoms with Crippen molar-refractivity contribution in [1.82, 2.24) is 24.3 Å². The maximum atomic E-state index is 12.9. The topological polar surface area (TPSA) is 133 Å². The summed E-state index contributed by atoms with van der Waals surface area (Å²) >= 11 is 0. The van der Waals surface area contributed by atoms with E-state index >= 15 is 0 Å². The van der Waals surface area contributed by atoms with Gasteiger partial charge >= 0.3 is 5.82 Å². The van der Waals surface area contributed by atoms with Crippen molar-refractivity contribution < 1.29 is 14.5 Å². The van der Waals surface area contributed by atoms with Crippen molar-refractivity contribution in [2.24, 2.45) is 0 Å². The van der Waals surface area contributed by atoms with Crippen LogP contribution in [-0.4, -0.2) is 67.9 Å². The second kappa shape index (κ2) is 11.0. The highest BCUT2D eigenvalue weighted by Crippen LogP contribution is 2.44. The minimum absolute atomic E-state index is 0.0980. The van der Waals surface area contributed by atoms with Gasteiger partial charge in [0.25, 0.3) is 0 Å². The van der Waals surface area contributed by atoms with Gasteiger partial charge in [-0.05, 0) is 54.6 Å². The lowest BCUT2D eigenvalue weighted by Gasteiger charge is -2.15. The molecule has 1 unspecified atom stereocenters. The number of aromatic nitrogens is 3. The number of carbonyl (C=O) groups is 1. The number of anilines is 1. The van der Waals surface area contributed by atoms with Crippen LogP contribution in [0.15, 0.2) is 73.1 Å². The zero-order valence-corrected chi connectivity index (χ0v) is 22.7. The van der Waals surface area contributed by atoms with Crippen LogP contribution in [0.4, 0.5) is 11.6 Å². The van der Waals surface area contributed by atoms with Crippen molar-refractivity contribution in [3.8, 4) is 22.6 Å². The van der Waals surface area contributed by atoms with E-state index in [0.29, 0.717) is 59.2 Å². The van der Waals surface area contributed by atoms with Gasteiger partial charge in [-0.3, -0.25) is 9.69 Å². The Bertz CT molecular complexity index is 1610. The SMILES string of the molecule is CN(CC=CC(=O)N1CCC(n2c([N+](=O)[O-])c(-c3ccc(Oc4ccccc4)cc3)c3c(N)ncnc32)C1)C1CC1. The van der Waals surface area contributed by atoms with E-state index in [2.05, 4.69) is 21.9 Å². The van der Waals surface area contributed by atoms with Gasteiger partial charge in [0, 0.05) is 31.6 Å². The summed E-state index contributed by atoms with van der Waals surface area (Å²) in [6.07, 6.45) is 7.77. The van der Waals surface area contributed by atoms with Gasteiger partial charge in [0.05, 0.1) is 17.5 Å². The summed E-state index contributed by atoms with van der Waals surface area (Å²) in [4.78, 5) is 37.7. The molecule has 2 N–H and O–H groups in total. The van der Waals surface area contributed by atoms with Crippen molar-refractivity contribution in [3.05, 3.63) is 83.2 Å². The molecule has 0 radical (unpaired) electrons. The second-order valence-corrected chi connectivity index (χ2v) is 10.5. The van der Waals surface area contributed by atoms with E-state index in [1.165, 1.54) is 19.2 Å². The van der Waals surface area contributed by atoms with Crippen LogP contribution in [0, 0.1) is 10.1 Å². The number of likely N-dealkylation sites (N-methyl/N-ethyl adjacent to an activating group) is 1. The first kappa shape index (κ1) is 26.5. The fourth-order valence-corrected chi connectivity index (χ4v) is 5.50. The Labute approximate surface area is 237 Å². The summed E-state index contributed by atoms with van der Waals surface area (Å²) in [6, 6.07) is 16.7. The Hall–Kier alpha value is -4.77. The molecule has 6 rings (SSSR count). The molecule has 2 aromatic heterocycles. The summed E-state index contributed by atoms with van der Waals surface area (Å²) in [5.74, 6) is 1.22. The number of likely N-dealkylation sites (tertiary alicyclic amines) is 1. The summed E-state index contributed by atoms with van der Waals surface area (Å²) < 4.78 is 7.52. The highest BCUT2D eigenvalue weighted by Gasteiger charge is 2.39. The Morgan fingerprint density at radius 3 is 2.56 bits per heavy atom. The maximum Gasteiger partial charge on any atom is 0.333 e. The van der Waals surface area contributed by atoms with Gasteiger partial charge in [-0.25, -0.2) is 9.55 Å². The van der Waals surface area contributed by atoms with Crippen LogP contribution in [0.3, 0.4) is 0 Å². The van der Waals surface area contributed by atoms with Crippen LogP contribution in [-0.2, 0) is 4.79 Å². The Balaban J connectivity index is 1.31. The Kier molecular flexibility index (Phi) is 7.10. The number of nitro groups is 1. The summed E-state index contributed by atoms with van der Waals surface area (Å²) in [6.45, 7) is 1.54. The molecule has 0 bridgehead atoms. The molecule has 1 aliphatic carbocycles. The van der Waals surface area contributed by atoms with Gasteiger partial charge in [0.15, 0.2) is 0 Å². The van der Waals surface area contributed by atoms with Crippen molar-refractivity contribution >= 4 is 28.6 Å². The second-order valence-electron chi connectivity index (χ2n) is 10.5. The molecule has 1 saturated carbocycles. The van der Waals surface area contributed by atoms with Gasteiger partial charge in [-0.15, -0.1) is 0 Å². The number of carbonyl (C=O) groups excluding carboxylic acids is 1. The van der Waals surface area contributed by atoms with E-state index in [-0.39, 0.29) is 23.6 Å². The van der Waals surface area contributed by atoms with E-state index < -0.39 is 4.92 Å². The molecule has 1 atom stereocenters. The lowest BCUT2D eigenvalue weighted by Crippen LogP contribution is -2.28. The molecule has 2 fully saturated rings. The monoisotopic (exact) mass is 553 g/mol. The van der Waals surface area contributed by atoms with Gasteiger partial charge in [-0.1, -0.05) is 36.4 Å². The number of benzene rings is 2. The number of hydrogen-bond donors (Lipinski definition) is 1. The minimum atomic E-state index is -0.400. The third kappa shape index (κ3) is 5.36. The molecule has 2 aromatic carbocycles. The highest BCUT2D eigenvalue weighted by atomic mass is 16.6. The summed E-state index contributed by atoms with van der Waals surface area (Å²) in [7, 11) is 2.06. The van der Waals surface area contributed by atoms with E-state index in [0.717, 1.165) is 6.54 Å². The lowest BCUT2D eigenvalue weighted by molar-refractivity contribution is -0.391. The molecule has 4 aromatic rings. The quantitative estimate of drug-likeness (QED) is 0.177. The summed E-state index contributed by atoms with van der Waals surface area (Å²) in [5, 5.41) is 13.0. The molecule has 41 heavy (non-hydrogen) atoms. The number of nitrogen functional groups attached to an aromatic ring is 1. The molecule has 2 aliphatic rings. The van der Waals surface area contributed by atoms with E-state index in [4.69, 9.17) is 10.5 Å². The number of rotatable bonds is 9. The predicted molar refractivity (Wildman–Crippen MR) is 156 cm³/mol. The molecule has 11 nitrogen and oxygen atoms in total. The molecule has 1 saturated heterocycles. The zero-order valence-electron chi connectivity index (χ0n) is 22.7. The smallest absolute Gasteiger partial charge is 0.333 e. The zero-order chi connectivity index (χ0) is 28.5. The van der Waals surface area contributed by atoms with Crippen molar-refractivity contribution in [2.45, 2.75) is 31.3 Å². The molecule has 0 spiro atoms. The highest BCUT2D eigenvalue weighted by molar-refractivity contribution is 6.05. The van der Waals surface area contributed by atoms with Gasteiger partial charge in [-0.2, -0.15) is 4.98 Å². The predicted octanol–water partition coefficient (Wildman–Crippen LogP) is 4.80. The van der Waals surface area contributed by atoms with E-state index in [1.54, 1.807) is 39.8 Å². The van der Waals surface area contributed by atoms with Crippen molar-refractivity contribution in [2.75, 3.05) is 32.4 Å². The largest absolute Gasteiger partial charge is 0.457 e. The number of hydrogen-bond acceptors (Lipinski definition) is 8. The fourth-order valence-electron chi connectivity index (χ4n) is 5.50. The van der Waals surface area contributed by atoms with Crippen LogP contribution in [0.5, 0.6) is 11.5 Å².